The van der Waals surface area contributed by atoms with E-state index >= 15 is 0 Å². The zero-order valence-corrected chi connectivity index (χ0v) is 6.88. The quantitative estimate of drug-likeness (QED) is 0.541. The maximum absolute atomic E-state index is 2.32. The van der Waals surface area contributed by atoms with E-state index in [0.29, 0.717) is 0 Å². The molecule has 0 N–H and O–H groups in total. The largest absolute Gasteiger partial charge is 0.0651 e. The molecule has 0 aromatic carbocycles. The van der Waals surface area contributed by atoms with Gasteiger partial charge in [-0.2, -0.15) is 0 Å². The summed E-state index contributed by atoms with van der Waals surface area (Å²) >= 11 is 0. The zero-order valence-electron chi connectivity index (χ0n) is 6.17. The summed E-state index contributed by atoms with van der Waals surface area (Å²) in [5.74, 6) is 1.09. The van der Waals surface area contributed by atoms with Crippen molar-refractivity contribution in [3.05, 3.63) is 0 Å². The van der Waals surface area contributed by atoms with E-state index in [9.17, 15) is 0 Å². The van der Waals surface area contributed by atoms with Gasteiger partial charge >= 0.3 is 0 Å². The fraction of sp³-hybridized carbons (Fsp3) is 1.00. The van der Waals surface area contributed by atoms with Gasteiger partial charge in [0.05, 0.1) is 0 Å². The van der Waals surface area contributed by atoms with E-state index in [0.717, 1.165) is 5.92 Å². The van der Waals surface area contributed by atoms with Crippen LogP contribution < -0.4 is 0 Å². The molecule has 1 rings (SSSR count). The van der Waals surface area contributed by atoms with Crippen molar-refractivity contribution in [3.8, 4) is 0 Å². The Morgan fingerprint density at radius 2 is 1.67 bits per heavy atom. The van der Waals surface area contributed by atoms with Crippen LogP contribution in [0.4, 0.5) is 0 Å². The van der Waals surface area contributed by atoms with Gasteiger partial charge in [-0.05, 0) is 5.92 Å². The molecule has 0 aromatic heterocycles. The molecule has 1 heteroatoms. The van der Waals surface area contributed by atoms with Crippen LogP contribution in [-0.2, 0) is 0 Å². The molecule has 0 heterocycles. The van der Waals surface area contributed by atoms with Crippen LogP contribution >= 0.6 is 0 Å². The second kappa shape index (κ2) is 6.00. The van der Waals surface area contributed by atoms with Gasteiger partial charge in [-0.1, -0.05) is 45.4 Å². The van der Waals surface area contributed by atoms with Crippen molar-refractivity contribution in [3.63, 3.8) is 0 Å². The van der Waals surface area contributed by atoms with Crippen LogP contribution in [0, 0.1) is 43.7 Å². The average molecular weight is 152 g/mol. The van der Waals surface area contributed by atoms with Crippen LogP contribution in [0.15, 0.2) is 0 Å². The summed E-state index contributed by atoms with van der Waals surface area (Å²) < 4.78 is 0. The Bertz CT molecular complexity index is 55.6. The van der Waals surface area contributed by atoms with Gasteiger partial charge in [0.15, 0.2) is 0 Å². The van der Waals surface area contributed by atoms with Crippen molar-refractivity contribution >= 4 is 0 Å². The third kappa shape index (κ3) is 3.85. The third-order valence-corrected chi connectivity index (χ3v) is 2.30. The molecule has 0 unspecified atom stereocenters. The van der Waals surface area contributed by atoms with E-state index in [1.165, 1.54) is 38.5 Å². The van der Waals surface area contributed by atoms with Crippen LogP contribution in [0.2, 0.25) is 0 Å². The Balaban J connectivity index is 0.000000640. The first kappa shape index (κ1) is 10.3. The van der Waals surface area contributed by atoms with Crippen molar-refractivity contribution in [1.82, 2.24) is 0 Å². The molecular formula is C8H16Ar. The van der Waals surface area contributed by atoms with E-state index in [-0.39, 0.29) is 37.7 Å². The molecule has 1 aliphatic carbocycles. The fourth-order valence-electron chi connectivity index (χ4n) is 1.60. The van der Waals surface area contributed by atoms with Crippen LogP contribution in [-0.4, -0.2) is 0 Å². The monoisotopic (exact) mass is 152 g/mol. The maximum atomic E-state index is 2.32. The maximum Gasteiger partial charge on any atom is 0 e. The normalized spacial score (nSPS) is 21.0. The molecule has 0 bridgehead atoms. The van der Waals surface area contributed by atoms with Gasteiger partial charge < -0.3 is 0 Å². The minimum Gasteiger partial charge on any atom is -0.0651 e. The molecule has 1 aliphatic rings. The zero-order chi connectivity index (χ0) is 5.82. The van der Waals surface area contributed by atoms with E-state index in [2.05, 4.69) is 6.92 Å². The van der Waals surface area contributed by atoms with Gasteiger partial charge in [-0.3, -0.25) is 0 Å². The van der Waals surface area contributed by atoms with Crippen LogP contribution in [0.1, 0.15) is 45.4 Å². The van der Waals surface area contributed by atoms with E-state index < -0.39 is 0 Å². The molecule has 1 saturated carbocycles. The molecule has 0 atom stereocenters. The first-order valence-electron chi connectivity index (χ1n) is 3.93. The summed E-state index contributed by atoms with van der Waals surface area (Å²) in [5, 5.41) is 0. The summed E-state index contributed by atoms with van der Waals surface area (Å²) in [6.07, 6.45) is 8.93. The molecule has 0 aromatic rings. The van der Waals surface area contributed by atoms with Gasteiger partial charge in [-0.25, -0.2) is 0 Å². The standard InChI is InChI=1S/C8H16.Ar/c1-2-8-6-4-3-5-7-8;/h8H,2-7H2,1H3;. The Morgan fingerprint density at radius 3 is 2.00 bits per heavy atom. The number of hydrogen-bond acceptors (Lipinski definition) is 0. The van der Waals surface area contributed by atoms with Gasteiger partial charge in [0.1, 0.15) is 0 Å². The average Bonchev–Trinajstić information content (AvgIpc) is 1.90. The SMILES string of the molecule is CCC1CCCCC1.[Ar]. The summed E-state index contributed by atoms with van der Waals surface area (Å²) in [6.45, 7) is 2.32. The summed E-state index contributed by atoms with van der Waals surface area (Å²) in [6, 6.07) is 0. The number of hydrogen-bond donors (Lipinski definition) is 0. The topological polar surface area (TPSA) is 0 Å². The van der Waals surface area contributed by atoms with Crippen molar-refractivity contribution in [1.29, 1.82) is 0 Å². The first-order chi connectivity index (χ1) is 3.93. The predicted molar refractivity (Wildman–Crippen MR) is 36.9 cm³/mol. The molecule has 56 valence electrons. The van der Waals surface area contributed by atoms with Crippen LogP contribution in [0.3, 0.4) is 0 Å². The molecule has 0 spiro atoms. The van der Waals surface area contributed by atoms with Gasteiger partial charge in [-0.15, -0.1) is 0 Å². The minimum atomic E-state index is 0. The summed E-state index contributed by atoms with van der Waals surface area (Å²) in [5.41, 5.74) is 0. The summed E-state index contributed by atoms with van der Waals surface area (Å²) in [4.78, 5) is 0. The van der Waals surface area contributed by atoms with E-state index in [1.807, 2.05) is 0 Å². The van der Waals surface area contributed by atoms with Gasteiger partial charge in [0.25, 0.3) is 0 Å². The Labute approximate surface area is 88.4 Å². The first-order valence-corrected chi connectivity index (χ1v) is 3.93. The molecule has 0 nitrogen and oxygen atoms in total. The Hall–Kier alpha value is 1.26. The molecule has 0 aliphatic heterocycles. The van der Waals surface area contributed by atoms with Crippen LogP contribution in [0.5, 0.6) is 0 Å². The Morgan fingerprint density at radius 1 is 1.11 bits per heavy atom. The van der Waals surface area contributed by atoms with Crippen molar-refractivity contribution in [2.75, 3.05) is 0 Å². The van der Waals surface area contributed by atoms with Crippen molar-refractivity contribution in [2.24, 2.45) is 5.92 Å². The van der Waals surface area contributed by atoms with Gasteiger partial charge in [0.2, 0.25) is 0 Å². The fourth-order valence-corrected chi connectivity index (χ4v) is 1.60. The number of rotatable bonds is 1. The van der Waals surface area contributed by atoms with Crippen molar-refractivity contribution < 1.29 is 37.7 Å². The molecule has 0 amide bonds. The second-order valence-electron chi connectivity index (χ2n) is 2.91. The van der Waals surface area contributed by atoms with Crippen LogP contribution in [0.25, 0.3) is 0 Å². The molecule has 1 fully saturated rings. The third-order valence-electron chi connectivity index (χ3n) is 2.30. The smallest absolute Gasteiger partial charge is 0 e. The molecule has 9 heavy (non-hydrogen) atoms. The molecule has 0 radical (unpaired) electrons. The summed E-state index contributed by atoms with van der Waals surface area (Å²) in [7, 11) is 0. The van der Waals surface area contributed by atoms with Gasteiger partial charge in [0, 0.05) is 37.7 Å². The molecule has 0 saturated heterocycles. The molecular weight excluding hydrogens is 136 g/mol. The minimum absolute atomic E-state index is 0. The van der Waals surface area contributed by atoms with E-state index in [4.69, 9.17) is 0 Å². The predicted octanol–water partition coefficient (Wildman–Crippen LogP) is 2.98. The Kier molecular flexibility index (Phi) is 6.84. The van der Waals surface area contributed by atoms with Crippen molar-refractivity contribution in [2.45, 2.75) is 45.4 Å². The van der Waals surface area contributed by atoms with E-state index in [1.54, 1.807) is 0 Å². The second-order valence-corrected chi connectivity index (χ2v) is 2.91.